The summed E-state index contributed by atoms with van der Waals surface area (Å²) < 4.78 is 6.54. The number of furan rings is 1. The molecule has 0 saturated carbocycles. The Morgan fingerprint density at radius 3 is 1.73 bits per heavy atom. The second kappa shape index (κ2) is 11.0. The maximum atomic E-state index is 6.54. The lowest BCUT2D eigenvalue weighted by Crippen LogP contribution is -2.01. The molecule has 2 aromatic heterocycles. The maximum absolute atomic E-state index is 6.54. The quantitative estimate of drug-likeness (QED) is 0.183. The molecule has 0 N–H and O–H groups in total. The Morgan fingerprint density at radius 2 is 0.918 bits per heavy atom. The lowest BCUT2D eigenvalue weighted by Gasteiger charge is -2.13. The van der Waals surface area contributed by atoms with E-state index in [2.05, 4.69) is 146 Å². The molecule has 4 heteroatoms. The van der Waals surface area contributed by atoms with Gasteiger partial charge in [0.1, 0.15) is 11.2 Å². The van der Waals surface area contributed by atoms with Crippen LogP contribution in [0.2, 0.25) is 0 Å². The van der Waals surface area contributed by atoms with Crippen LogP contribution >= 0.6 is 0 Å². The molecule has 49 heavy (non-hydrogen) atoms. The first-order chi connectivity index (χ1) is 24.3. The van der Waals surface area contributed by atoms with Crippen LogP contribution in [0.15, 0.2) is 168 Å². The van der Waals surface area contributed by atoms with Gasteiger partial charge in [0, 0.05) is 32.8 Å². The Balaban J connectivity index is 1.27. The molecule has 4 nitrogen and oxygen atoms in total. The van der Waals surface area contributed by atoms with E-state index in [0.717, 1.165) is 65.7 Å². The number of aromatic nitrogens is 3. The largest absolute Gasteiger partial charge is 0.456 e. The van der Waals surface area contributed by atoms with Gasteiger partial charge in [0.25, 0.3) is 0 Å². The summed E-state index contributed by atoms with van der Waals surface area (Å²) in [6, 6.07) is 56.8. The van der Waals surface area contributed by atoms with Crippen LogP contribution in [0, 0.1) is 0 Å². The molecule has 10 aromatic rings. The third-order valence-electron chi connectivity index (χ3n) is 9.52. The highest BCUT2D eigenvalue weighted by atomic mass is 16.3. The Hall–Kier alpha value is -6.65. The highest BCUT2D eigenvalue weighted by molar-refractivity contribution is 6.29. The van der Waals surface area contributed by atoms with E-state index in [9.17, 15) is 0 Å². The molecular weight excluding hydrogens is 599 g/mol. The number of benzene rings is 8. The first-order valence-electron chi connectivity index (χ1n) is 16.4. The van der Waals surface area contributed by atoms with E-state index in [1.54, 1.807) is 0 Å². The van der Waals surface area contributed by atoms with Crippen molar-refractivity contribution in [2.45, 2.75) is 0 Å². The number of hydrogen-bond acceptors (Lipinski definition) is 4. The minimum absolute atomic E-state index is 0.600. The smallest absolute Gasteiger partial charge is 0.164 e. The summed E-state index contributed by atoms with van der Waals surface area (Å²) in [5.41, 5.74) is 6.75. The molecule has 10 rings (SSSR count). The number of hydrogen-bond donors (Lipinski definition) is 0. The van der Waals surface area contributed by atoms with E-state index < -0.39 is 0 Å². The second-order valence-electron chi connectivity index (χ2n) is 12.4. The molecule has 0 aliphatic carbocycles. The SMILES string of the molecule is c1ccc(-c2ccc(-c3nc(-c4cccc5ccccc45)nc(-c4cc5oc6ccccc6c5c5c4ccc4ccccc45)n3)cc2)cc1. The van der Waals surface area contributed by atoms with Crippen molar-refractivity contribution in [3.05, 3.63) is 164 Å². The summed E-state index contributed by atoms with van der Waals surface area (Å²) in [5, 5.41) is 8.97. The van der Waals surface area contributed by atoms with Crippen LogP contribution in [0.4, 0.5) is 0 Å². The Kier molecular flexibility index (Phi) is 6.15. The topological polar surface area (TPSA) is 51.8 Å². The van der Waals surface area contributed by atoms with Gasteiger partial charge in [0.05, 0.1) is 0 Å². The minimum atomic E-state index is 0.600. The van der Waals surface area contributed by atoms with Gasteiger partial charge in [-0.05, 0) is 50.2 Å². The average molecular weight is 626 g/mol. The first kappa shape index (κ1) is 27.5. The number of para-hydroxylation sites is 1. The third kappa shape index (κ3) is 4.49. The zero-order chi connectivity index (χ0) is 32.3. The number of nitrogens with zero attached hydrogens (tertiary/aromatic N) is 3. The van der Waals surface area contributed by atoms with Crippen molar-refractivity contribution < 1.29 is 4.42 Å². The molecule has 0 aliphatic heterocycles. The number of fused-ring (bicyclic) bond motifs is 8. The van der Waals surface area contributed by atoms with Gasteiger partial charge in [-0.15, -0.1) is 0 Å². The van der Waals surface area contributed by atoms with Crippen LogP contribution in [0.3, 0.4) is 0 Å². The molecule has 0 bridgehead atoms. The van der Waals surface area contributed by atoms with E-state index in [-0.39, 0.29) is 0 Å². The molecule has 0 spiro atoms. The zero-order valence-electron chi connectivity index (χ0n) is 26.3. The van der Waals surface area contributed by atoms with E-state index >= 15 is 0 Å². The van der Waals surface area contributed by atoms with Crippen LogP contribution in [0.5, 0.6) is 0 Å². The molecule has 0 fully saturated rings. The minimum Gasteiger partial charge on any atom is -0.456 e. The molecule has 0 amide bonds. The lowest BCUT2D eigenvalue weighted by atomic mass is 9.94. The van der Waals surface area contributed by atoms with E-state index in [0.29, 0.717) is 17.5 Å². The van der Waals surface area contributed by atoms with Crippen LogP contribution in [-0.4, -0.2) is 15.0 Å². The fraction of sp³-hybridized carbons (Fsp3) is 0. The summed E-state index contributed by atoms with van der Waals surface area (Å²) in [5.74, 6) is 1.84. The predicted octanol–water partition coefficient (Wildman–Crippen LogP) is 11.9. The fourth-order valence-corrected chi connectivity index (χ4v) is 7.19. The summed E-state index contributed by atoms with van der Waals surface area (Å²) in [6.45, 7) is 0. The summed E-state index contributed by atoms with van der Waals surface area (Å²) in [4.78, 5) is 15.6. The average Bonchev–Trinajstić information content (AvgIpc) is 3.56. The van der Waals surface area contributed by atoms with Crippen molar-refractivity contribution in [1.29, 1.82) is 0 Å². The van der Waals surface area contributed by atoms with Gasteiger partial charge < -0.3 is 4.42 Å². The highest BCUT2D eigenvalue weighted by Gasteiger charge is 2.21. The summed E-state index contributed by atoms with van der Waals surface area (Å²) >= 11 is 0. The number of rotatable bonds is 4. The van der Waals surface area contributed by atoms with E-state index in [4.69, 9.17) is 19.4 Å². The van der Waals surface area contributed by atoms with Crippen LogP contribution in [-0.2, 0) is 0 Å². The Labute approximate surface area is 282 Å². The normalized spacial score (nSPS) is 11.7. The van der Waals surface area contributed by atoms with Gasteiger partial charge in [-0.1, -0.05) is 152 Å². The van der Waals surface area contributed by atoms with Gasteiger partial charge in [-0.25, -0.2) is 15.0 Å². The zero-order valence-corrected chi connectivity index (χ0v) is 26.3. The summed E-state index contributed by atoms with van der Waals surface area (Å²) in [6.07, 6.45) is 0. The van der Waals surface area contributed by atoms with Crippen molar-refractivity contribution >= 4 is 54.3 Å². The molecule has 0 radical (unpaired) electrons. The predicted molar refractivity (Wildman–Crippen MR) is 201 cm³/mol. The van der Waals surface area contributed by atoms with Crippen molar-refractivity contribution in [3.8, 4) is 45.3 Å². The van der Waals surface area contributed by atoms with Gasteiger partial charge in [-0.2, -0.15) is 0 Å². The third-order valence-corrected chi connectivity index (χ3v) is 9.52. The molecule has 2 heterocycles. The lowest BCUT2D eigenvalue weighted by molar-refractivity contribution is 0.669. The highest BCUT2D eigenvalue weighted by Crippen LogP contribution is 2.43. The standard InChI is InChI=1S/C45H27N3O/c1-2-11-28(12-3-1)29-21-23-32(24-22-29)43-46-44(36-19-10-15-30-13-4-6-16-33(30)36)48-45(47-43)38-27-40-42(37-18-8-9-20-39(37)49-40)41-34-17-7-5-14-31(34)25-26-35(38)41/h1-27H. The van der Waals surface area contributed by atoms with Gasteiger partial charge in [-0.3, -0.25) is 0 Å². The molecule has 0 atom stereocenters. The first-order valence-corrected chi connectivity index (χ1v) is 16.4. The van der Waals surface area contributed by atoms with Crippen molar-refractivity contribution in [1.82, 2.24) is 15.0 Å². The second-order valence-corrected chi connectivity index (χ2v) is 12.4. The molecule has 0 aliphatic rings. The van der Waals surface area contributed by atoms with Crippen LogP contribution in [0.1, 0.15) is 0 Å². The van der Waals surface area contributed by atoms with Gasteiger partial charge in [0.15, 0.2) is 17.5 Å². The fourth-order valence-electron chi connectivity index (χ4n) is 7.19. The van der Waals surface area contributed by atoms with E-state index in [1.165, 1.54) is 16.3 Å². The molecule has 0 unspecified atom stereocenters. The van der Waals surface area contributed by atoms with Crippen molar-refractivity contribution in [2.75, 3.05) is 0 Å². The Morgan fingerprint density at radius 1 is 0.327 bits per heavy atom. The van der Waals surface area contributed by atoms with Crippen molar-refractivity contribution in [2.24, 2.45) is 0 Å². The van der Waals surface area contributed by atoms with Crippen LogP contribution < -0.4 is 0 Å². The molecular formula is C45H27N3O. The maximum Gasteiger partial charge on any atom is 0.164 e. The molecule has 8 aromatic carbocycles. The monoisotopic (exact) mass is 625 g/mol. The van der Waals surface area contributed by atoms with E-state index in [1.807, 2.05) is 18.2 Å². The summed E-state index contributed by atoms with van der Waals surface area (Å²) in [7, 11) is 0. The van der Waals surface area contributed by atoms with Gasteiger partial charge >= 0.3 is 0 Å². The van der Waals surface area contributed by atoms with Gasteiger partial charge in [0.2, 0.25) is 0 Å². The molecule has 228 valence electrons. The molecule has 0 saturated heterocycles. The van der Waals surface area contributed by atoms with Crippen molar-refractivity contribution in [3.63, 3.8) is 0 Å². The Bertz CT molecular complexity index is 2870. The van der Waals surface area contributed by atoms with Crippen LogP contribution in [0.25, 0.3) is 99.5 Å².